The van der Waals surface area contributed by atoms with E-state index in [1.165, 1.54) is 12.3 Å². The molecular weight excluding hydrogens is 447 g/mol. The second kappa shape index (κ2) is 13.0. The lowest BCUT2D eigenvalue weighted by Crippen LogP contribution is -2.37. The van der Waals surface area contributed by atoms with Crippen LogP contribution in [-0.2, 0) is 17.6 Å². The van der Waals surface area contributed by atoms with Crippen LogP contribution in [0.25, 0.3) is 11.3 Å². The van der Waals surface area contributed by atoms with E-state index in [1.807, 2.05) is 30.3 Å². The lowest BCUT2D eigenvalue weighted by atomic mass is 10.1. The van der Waals surface area contributed by atoms with Gasteiger partial charge >= 0.3 is 0 Å². The van der Waals surface area contributed by atoms with Gasteiger partial charge in [0.05, 0.1) is 11.8 Å². The molecule has 2 N–H and O–H groups in total. The lowest BCUT2D eigenvalue weighted by molar-refractivity contribution is -0.131. The predicted octanol–water partition coefficient (Wildman–Crippen LogP) is 4.43. The zero-order valence-corrected chi connectivity index (χ0v) is 18.4. The van der Waals surface area contributed by atoms with Crippen molar-refractivity contribution >= 4 is 30.7 Å². The number of hydrogen-bond acceptors (Lipinski definition) is 4. The fourth-order valence-electron chi connectivity index (χ4n) is 3.04. The van der Waals surface area contributed by atoms with E-state index in [2.05, 4.69) is 4.98 Å². The number of aryl methyl sites for hydroxylation is 1. The second-order valence-corrected chi connectivity index (χ2v) is 6.65. The van der Waals surface area contributed by atoms with Gasteiger partial charge in [0.1, 0.15) is 11.6 Å². The Kier molecular flexibility index (Phi) is 11.2. The first-order valence-corrected chi connectivity index (χ1v) is 9.48. The van der Waals surface area contributed by atoms with E-state index in [-0.39, 0.29) is 54.9 Å². The van der Waals surface area contributed by atoms with Crippen LogP contribution in [0.5, 0.6) is 0 Å². The van der Waals surface area contributed by atoms with Crippen LogP contribution in [-0.4, -0.2) is 35.4 Å². The van der Waals surface area contributed by atoms with E-state index in [9.17, 15) is 13.6 Å². The Morgan fingerprint density at radius 2 is 1.77 bits per heavy atom. The molecule has 2 aromatic carbocycles. The molecule has 9 heteroatoms. The minimum absolute atomic E-state index is 0. The summed E-state index contributed by atoms with van der Waals surface area (Å²) in [7, 11) is 0. The van der Waals surface area contributed by atoms with E-state index in [1.54, 1.807) is 4.90 Å². The van der Waals surface area contributed by atoms with Gasteiger partial charge in [-0.15, -0.1) is 24.8 Å². The van der Waals surface area contributed by atoms with Crippen LogP contribution in [0.2, 0.25) is 0 Å². The van der Waals surface area contributed by atoms with Crippen molar-refractivity contribution in [2.45, 2.75) is 19.3 Å². The molecule has 0 saturated heterocycles. The van der Waals surface area contributed by atoms with Crippen molar-refractivity contribution in [3.63, 3.8) is 0 Å². The topological polar surface area (TPSA) is 72.4 Å². The van der Waals surface area contributed by atoms with Gasteiger partial charge in [0, 0.05) is 38.5 Å². The standard InChI is InChI=1S/C22H23F2N3O2.2ClH/c23-17-6-7-18(19(24)14-17)20-15-26-21(29-20)8-9-22(28)27(13-11-25)12-10-16-4-2-1-3-5-16;;/h1-7,14-15H,8-13,25H2;2*1H. The number of carbonyl (C=O) groups excluding carboxylic acids is 1. The maximum atomic E-state index is 13.9. The molecule has 0 aliphatic heterocycles. The van der Waals surface area contributed by atoms with Gasteiger partial charge < -0.3 is 15.1 Å². The Labute approximate surface area is 192 Å². The largest absolute Gasteiger partial charge is 0.441 e. The third-order valence-electron chi connectivity index (χ3n) is 4.57. The van der Waals surface area contributed by atoms with Crippen LogP contribution in [0.4, 0.5) is 8.78 Å². The average Bonchev–Trinajstić information content (AvgIpc) is 3.18. The number of oxazole rings is 1. The highest BCUT2D eigenvalue weighted by Gasteiger charge is 2.16. The summed E-state index contributed by atoms with van der Waals surface area (Å²) in [6.45, 7) is 1.44. The molecule has 1 amide bonds. The molecule has 5 nitrogen and oxygen atoms in total. The highest BCUT2D eigenvalue weighted by atomic mass is 35.5. The molecule has 0 unspecified atom stereocenters. The third kappa shape index (κ3) is 7.61. The van der Waals surface area contributed by atoms with Gasteiger partial charge in [-0.25, -0.2) is 13.8 Å². The number of hydrogen-bond donors (Lipinski definition) is 1. The quantitative estimate of drug-likeness (QED) is 0.501. The number of carbonyl (C=O) groups is 1. The number of rotatable bonds is 9. The van der Waals surface area contributed by atoms with Crippen LogP contribution in [0.1, 0.15) is 17.9 Å². The van der Waals surface area contributed by atoms with Crippen LogP contribution in [0.3, 0.4) is 0 Å². The predicted molar refractivity (Wildman–Crippen MR) is 120 cm³/mol. The lowest BCUT2D eigenvalue weighted by Gasteiger charge is -2.22. The number of amides is 1. The molecule has 31 heavy (non-hydrogen) atoms. The first-order chi connectivity index (χ1) is 14.1. The smallest absolute Gasteiger partial charge is 0.223 e. The molecule has 0 fully saturated rings. The van der Waals surface area contributed by atoms with Crippen LogP contribution >= 0.6 is 24.8 Å². The molecule has 1 aromatic heterocycles. The number of nitrogens with zero attached hydrogens (tertiary/aromatic N) is 2. The summed E-state index contributed by atoms with van der Waals surface area (Å²) in [6, 6.07) is 13.2. The Morgan fingerprint density at radius 3 is 2.45 bits per heavy atom. The van der Waals surface area contributed by atoms with Crippen LogP contribution in [0.15, 0.2) is 59.1 Å². The Balaban J connectivity index is 0.00000240. The van der Waals surface area contributed by atoms with Crippen molar-refractivity contribution in [2.75, 3.05) is 19.6 Å². The molecule has 0 aliphatic carbocycles. The Morgan fingerprint density at radius 1 is 1.03 bits per heavy atom. The molecule has 168 valence electrons. The van der Waals surface area contributed by atoms with Crippen molar-refractivity contribution in [3.05, 3.63) is 77.8 Å². The SMILES string of the molecule is Cl.Cl.NCCN(CCc1ccccc1)C(=O)CCc1ncc(-c2ccc(F)cc2F)o1. The minimum atomic E-state index is -0.723. The van der Waals surface area contributed by atoms with E-state index in [0.29, 0.717) is 25.5 Å². The average molecular weight is 472 g/mol. The summed E-state index contributed by atoms with van der Waals surface area (Å²) < 4.78 is 32.5. The molecule has 0 radical (unpaired) electrons. The monoisotopic (exact) mass is 471 g/mol. The summed E-state index contributed by atoms with van der Waals surface area (Å²) in [6.07, 6.45) is 2.62. The molecule has 3 rings (SSSR count). The fraction of sp³-hybridized carbons (Fsp3) is 0.273. The van der Waals surface area contributed by atoms with Crippen molar-refractivity contribution in [2.24, 2.45) is 5.73 Å². The number of halogens is 4. The maximum Gasteiger partial charge on any atom is 0.223 e. The molecular formula is C22H25Cl2F2N3O2. The van der Waals surface area contributed by atoms with E-state index < -0.39 is 11.6 Å². The third-order valence-corrected chi connectivity index (χ3v) is 4.57. The molecule has 0 bridgehead atoms. The van der Waals surface area contributed by atoms with Crippen molar-refractivity contribution in [1.29, 1.82) is 0 Å². The van der Waals surface area contributed by atoms with Crippen LogP contribution in [0, 0.1) is 11.6 Å². The molecule has 0 saturated carbocycles. The first-order valence-electron chi connectivity index (χ1n) is 9.48. The van der Waals surface area contributed by atoms with Crippen molar-refractivity contribution in [3.8, 4) is 11.3 Å². The second-order valence-electron chi connectivity index (χ2n) is 6.65. The molecule has 0 spiro atoms. The summed E-state index contributed by atoms with van der Waals surface area (Å²) in [5.41, 5.74) is 6.93. The van der Waals surface area contributed by atoms with Gasteiger partial charge in [-0.2, -0.15) is 0 Å². The fourth-order valence-corrected chi connectivity index (χ4v) is 3.04. The number of aromatic nitrogens is 1. The number of benzene rings is 2. The van der Waals surface area contributed by atoms with Gasteiger partial charge in [-0.05, 0) is 24.1 Å². The van der Waals surface area contributed by atoms with Gasteiger partial charge in [-0.1, -0.05) is 30.3 Å². The Bertz CT molecular complexity index is 955. The summed E-state index contributed by atoms with van der Waals surface area (Å²) >= 11 is 0. The van der Waals surface area contributed by atoms with Gasteiger partial charge in [0.2, 0.25) is 5.91 Å². The van der Waals surface area contributed by atoms with Crippen molar-refractivity contribution in [1.82, 2.24) is 9.88 Å². The maximum absolute atomic E-state index is 13.9. The summed E-state index contributed by atoms with van der Waals surface area (Å²) in [4.78, 5) is 18.4. The summed E-state index contributed by atoms with van der Waals surface area (Å²) in [5.74, 6) is -0.898. The zero-order valence-electron chi connectivity index (χ0n) is 16.8. The highest BCUT2D eigenvalue weighted by Crippen LogP contribution is 2.24. The van der Waals surface area contributed by atoms with Gasteiger partial charge in [0.15, 0.2) is 11.7 Å². The van der Waals surface area contributed by atoms with E-state index >= 15 is 0 Å². The van der Waals surface area contributed by atoms with Gasteiger partial charge in [0.25, 0.3) is 0 Å². The normalized spacial score (nSPS) is 10.2. The van der Waals surface area contributed by atoms with Crippen LogP contribution < -0.4 is 5.73 Å². The Hall–Kier alpha value is -2.48. The van der Waals surface area contributed by atoms with E-state index in [0.717, 1.165) is 24.1 Å². The minimum Gasteiger partial charge on any atom is -0.441 e. The first kappa shape index (κ1) is 26.6. The zero-order chi connectivity index (χ0) is 20.6. The van der Waals surface area contributed by atoms with Crippen molar-refractivity contribution < 1.29 is 18.0 Å². The summed E-state index contributed by atoms with van der Waals surface area (Å²) in [5, 5.41) is 0. The van der Waals surface area contributed by atoms with E-state index in [4.69, 9.17) is 10.2 Å². The highest BCUT2D eigenvalue weighted by molar-refractivity contribution is 5.85. The molecule has 3 aromatic rings. The molecule has 0 atom stereocenters. The number of nitrogens with two attached hydrogens (primary N) is 1. The molecule has 1 heterocycles. The molecule has 0 aliphatic rings. The van der Waals surface area contributed by atoms with Gasteiger partial charge in [-0.3, -0.25) is 4.79 Å².